The van der Waals surface area contributed by atoms with E-state index in [-0.39, 0.29) is 0 Å². The first-order valence-electron chi connectivity index (χ1n) is 5.03. The molecule has 0 aliphatic heterocycles. The van der Waals surface area contributed by atoms with Gasteiger partial charge in [0.25, 0.3) is 0 Å². The van der Waals surface area contributed by atoms with Gasteiger partial charge in [0.05, 0.1) is 6.26 Å². The smallest absolute Gasteiger partial charge is 0.170 e. The second-order valence-electron chi connectivity index (χ2n) is 3.55. The lowest BCUT2D eigenvalue weighted by molar-refractivity contribution is 0.498. The van der Waals surface area contributed by atoms with Crippen LogP contribution in [-0.2, 0) is 0 Å². The van der Waals surface area contributed by atoms with Crippen LogP contribution in [0.25, 0.3) is 23.0 Å². The molecule has 0 unspecified atom stereocenters. The van der Waals surface area contributed by atoms with E-state index in [0.717, 1.165) is 17.3 Å². The van der Waals surface area contributed by atoms with Crippen molar-refractivity contribution in [1.82, 2.24) is 0 Å². The van der Waals surface area contributed by atoms with Crippen molar-refractivity contribution in [3.8, 4) is 23.0 Å². The number of rotatable bonds is 2. The van der Waals surface area contributed by atoms with Crippen molar-refractivity contribution in [3.63, 3.8) is 0 Å². The lowest BCUT2D eigenvalue weighted by Crippen LogP contribution is -1.66. The quantitative estimate of drug-likeness (QED) is 0.644. The molecular formula is C13H10O3. The van der Waals surface area contributed by atoms with Gasteiger partial charge in [-0.25, -0.2) is 0 Å². The third kappa shape index (κ3) is 1.46. The van der Waals surface area contributed by atoms with Gasteiger partial charge in [0.2, 0.25) is 0 Å². The zero-order valence-electron chi connectivity index (χ0n) is 8.77. The molecule has 0 aliphatic rings. The van der Waals surface area contributed by atoms with Gasteiger partial charge in [-0.3, -0.25) is 0 Å². The molecule has 0 radical (unpaired) electrons. The van der Waals surface area contributed by atoms with Crippen LogP contribution in [-0.4, -0.2) is 0 Å². The molecule has 0 saturated carbocycles. The third-order valence-corrected chi connectivity index (χ3v) is 2.35. The predicted octanol–water partition coefficient (Wildman–Crippen LogP) is 4.11. The van der Waals surface area contributed by atoms with Crippen molar-refractivity contribution in [2.75, 3.05) is 0 Å². The second kappa shape index (κ2) is 3.45. The van der Waals surface area contributed by atoms with E-state index >= 15 is 0 Å². The largest absolute Gasteiger partial charge is 0.461 e. The number of hydrogen-bond acceptors (Lipinski definition) is 3. The minimum Gasteiger partial charge on any atom is -0.461 e. The Hall–Kier alpha value is -2.16. The van der Waals surface area contributed by atoms with E-state index in [1.807, 2.05) is 43.3 Å². The van der Waals surface area contributed by atoms with E-state index < -0.39 is 0 Å². The highest BCUT2D eigenvalue weighted by Gasteiger charge is 2.10. The molecule has 0 aromatic carbocycles. The van der Waals surface area contributed by atoms with E-state index in [9.17, 15) is 0 Å². The summed E-state index contributed by atoms with van der Waals surface area (Å²) in [5.41, 5.74) is 0. The fourth-order valence-electron chi connectivity index (χ4n) is 1.59. The summed E-state index contributed by atoms with van der Waals surface area (Å²) >= 11 is 0. The Kier molecular flexibility index (Phi) is 1.96. The highest BCUT2D eigenvalue weighted by atomic mass is 16.4. The molecule has 0 atom stereocenters. The average Bonchev–Trinajstić information content (AvgIpc) is 2.97. The van der Waals surface area contributed by atoms with Gasteiger partial charge >= 0.3 is 0 Å². The molecular weight excluding hydrogens is 204 g/mol. The second-order valence-corrected chi connectivity index (χ2v) is 3.55. The monoisotopic (exact) mass is 214 g/mol. The Balaban J connectivity index is 2.00. The van der Waals surface area contributed by atoms with Gasteiger partial charge in [-0.1, -0.05) is 0 Å². The maximum Gasteiger partial charge on any atom is 0.170 e. The molecule has 0 aliphatic carbocycles. The van der Waals surface area contributed by atoms with Crippen molar-refractivity contribution in [2.24, 2.45) is 0 Å². The van der Waals surface area contributed by atoms with Gasteiger partial charge in [0, 0.05) is 0 Å². The minimum atomic E-state index is 0.703. The maximum absolute atomic E-state index is 5.64. The summed E-state index contributed by atoms with van der Waals surface area (Å²) < 4.78 is 16.4. The third-order valence-electron chi connectivity index (χ3n) is 2.35. The van der Waals surface area contributed by atoms with E-state index in [1.165, 1.54) is 0 Å². The summed E-state index contributed by atoms with van der Waals surface area (Å²) in [4.78, 5) is 0. The zero-order chi connectivity index (χ0) is 11.0. The molecule has 3 heterocycles. The average molecular weight is 214 g/mol. The van der Waals surface area contributed by atoms with Gasteiger partial charge < -0.3 is 13.3 Å². The fourth-order valence-corrected chi connectivity index (χ4v) is 1.59. The molecule has 0 bridgehead atoms. The first kappa shape index (κ1) is 9.09. The number of furan rings is 3. The van der Waals surface area contributed by atoms with Crippen LogP contribution >= 0.6 is 0 Å². The number of hydrogen-bond donors (Lipinski definition) is 0. The summed E-state index contributed by atoms with van der Waals surface area (Å²) in [6.45, 7) is 1.90. The molecule has 3 rings (SSSR count). The molecule has 0 amide bonds. The van der Waals surface area contributed by atoms with E-state index in [1.54, 1.807) is 6.26 Å². The van der Waals surface area contributed by atoms with Gasteiger partial charge in [0.1, 0.15) is 5.76 Å². The fraction of sp³-hybridized carbons (Fsp3) is 0.0769. The Labute approximate surface area is 92.3 Å². The van der Waals surface area contributed by atoms with Gasteiger partial charge in [-0.2, -0.15) is 0 Å². The van der Waals surface area contributed by atoms with E-state index in [0.29, 0.717) is 11.5 Å². The molecule has 0 N–H and O–H groups in total. The summed E-state index contributed by atoms with van der Waals surface area (Å²) in [7, 11) is 0. The number of aryl methyl sites for hydroxylation is 1. The van der Waals surface area contributed by atoms with Crippen LogP contribution in [0.5, 0.6) is 0 Å². The van der Waals surface area contributed by atoms with Crippen LogP contribution in [0.1, 0.15) is 5.76 Å². The van der Waals surface area contributed by atoms with E-state index in [2.05, 4.69) is 0 Å². The molecule has 0 spiro atoms. The highest BCUT2D eigenvalue weighted by Crippen LogP contribution is 2.29. The minimum absolute atomic E-state index is 0.703. The zero-order valence-corrected chi connectivity index (χ0v) is 8.77. The highest BCUT2D eigenvalue weighted by molar-refractivity contribution is 5.58. The topological polar surface area (TPSA) is 39.4 Å². The SMILES string of the molecule is Cc1ccc(-c2ccc(-c3ccco3)o2)o1. The van der Waals surface area contributed by atoms with Crippen molar-refractivity contribution < 1.29 is 13.3 Å². The van der Waals surface area contributed by atoms with Gasteiger partial charge in [-0.05, 0) is 43.3 Å². The normalized spacial score (nSPS) is 10.8. The summed E-state index contributed by atoms with van der Waals surface area (Å²) in [5, 5.41) is 0. The Morgan fingerprint density at radius 3 is 2.06 bits per heavy atom. The van der Waals surface area contributed by atoms with Crippen LogP contribution in [0, 0.1) is 6.92 Å². The molecule has 3 aromatic rings. The Morgan fingerprint density at radius 1 is 0.750 bits per heavy atom. The maximum atomic E-state index is 5.64. The molecule has 80 valence electrons. The molecule has 3 heteroatoms. The molecule has 3 nitrogen and oxygen atoms in total. The Bertz CT molecular complexity index is 584. The first-order chi connectivity index (χ1) is 7.83. The van der Waals surface area contributed by atoms with E-state index in [4.69, 9.17) is 13.3 Å². The van der Waals surface area contributed by atoms with Gasteiger partial charge in [-0.15, -0.1) is 0 Å². The lowest BCUT2D eigenvalue weighted by atomic mass is 10.3. The predicted molar refractivity (Wildman–Crippen MR) is 58.8 cm³/mol. The summed E-state index contributed by atoms with van der Waals surface area (Å²) in [5.74, 6) is 3.73. The van der Waals surface area contributed by atoms with Crippen LogP contribution in [0.15, 0.2) is 55.9 Å². The van der Waals surface area contributed by atoms with Crippen molar-refractivity contribution in [1.29, 1.82) is 0 Å². The summed E-state index contributed by atoms with van der Waals surface area (Å²) in [6, 6.07) is 11.2. The molecule has 16 heavy (non-hydrogen) atoms. The first-order valence-corrected chi connectivity index (χ1v) is 5.03. The van der Waals surface area contributed by atoms with Crippen LogP contribution < -0.4 is 0 Å². The van der Waals surface area contributed by atoms with Crippen LogP contribution in [0.4, 0.5) is 0 Å². The summed E-state index contributed by atoms with van der Waals surface area (Å²) in [6.07, 6.45) is 1.62. The van der Waals surface area contributed by atoms with Crippen LogP contribution in [0.3, 0.4) is 0 Å². The Morgan fingerprint density at radius 2 is 1.44 bits per heavy atom. The van der Waals surface area contributed by atoms with Crippen molar-refractivity contribution >= 4 is 0 Å². The molecule has 0 saturated heterocycles. The lowest BCUT2D eigenvalue weighted by Gasteiger charge is -1.91. The molecule has 3 aromatic heterocycles. The standard InChI is InChI=1S/C13H10O3/c1-9-4-5-12(15-9)13-7-6-11(16-13)10-3-2-8-14-10/h2-8H,1H3. The molecule has 0 fully saturated rings. The van der Waals surface area contributed by atoms with Crippen molar-refractivity contribution in [2.45, 2.75) is 6.92 Å². The van der Waals surface area contributed by atoms with Crippen molar-refractivity contribution in [3.05, 3.63) is 48.4 Å². The van der Waals surface area contributed by atoms with Gasteiger partial charge in [0.15, 0.2) is 23.0 Å². The van der Waals surface area contributed by atoms with Crippen LogP contribution in [0.2, 0.25) is 0 Å².